The molecule has 0 aliphatic heterocycles. The van der Waals surface area contributed by atoms with Crippen LogP contribution in [0.25, 0.3) is 11.1 Å². The Balaban J connectivity index is 0.00000363. The maximum atomic E-state index is 12.5. The highest BCUT2D eigenvalue weighted by atomic mass is 16.2. The second kappa shape index (κ2) is 11.8. The Morgan fingerprint density at radius 1 is 1.03 bits per heavy atom. The summed E-state index contributed by atoms with van der Waals surface area (Å²) < 4.78 is 0. The van der Waals surface area contributed by atoms with Crippen LogP contribution in [0.5, 0.6) is 0 Å². The van der Waals surface area contributed by atoms with Gasteiger partial charge >= 0.3 is 0 Å². The van der Waals surface area contributed by atoms with Crippen molar-refractivity contribution in [2.75, 3.05) is 11.9 Å². The van der Waals surface area contributed by atoms with Crippen LogP contribution in [0.15, 0.2) is 48.9 Å². The number of benzene rings is 1. The van der Waals surface area contributed by atoms with Crippen LogP contribution in [0.2, 0.25) is 0 Å². The fourth-order valence-electron chi connectivity index (χ4n) is 3.18. The molecule has 0 atom stereocenters. The van der Waals surface area contributed by atoms with Gasteiger partial charge in [0.1, 0.15) is 5.69 Å². The van der Waals surface area contributed by atoms with Gasteiger partial charge in [0, 0.05) is 37.1 Å². The fourth-order valence-corrected chi connectivity index (χ4v) is 3.18. The van der Waals surface area contributed by atoms with E-state index in [1.807, 2.05) is 25.1 Å². The summed E-state index contributed by atoms with van der Waals surface area (Å²) in [5.41, 5.74) is 5.33. The number of ketones is 1. The van der Waals surface area contributed by atoms with E-state index in [9.17, 15) is 9.59 Å². The molecule has 3 aromatic rings. The summed E-state index contributed by atoms with van der Waals surface area (Å²) >= 11 is 0. The van der Waals surface area contributed by atoms with Crippen molar-refractivity contribution in [2.45, 2.75) is 47.6 Å². The highest BCUT2D eigenvalue weighted by Crippen LogP contribution is 2.26. The van der Waals surface area contributed by atoms with Crippen molar-refractivity contribution in [3.8, 4) is 11.1 Å². The molecular weight excluding hydrogens is 402 g/mol. The number of Topliss-reactive ketones (excluding diaryl/α,β-unsaturated/α-hetero) is 1. The lowest BCUT2D eigenvalue weighted by molar-refractivity contribution is -0.115. The molecule has 0 spiro atoms. The maximum Gasteiger partial charge on any atom is 0.238 e. The summed E-state index contributed by atoms with van der Waals surface area (Å²) in [6, 6.07) is 9.96. The third-order valence-corrected chi connectivity index (χ3v) is 4.81. The lowest BCUT2D eigenvalue weighted by Gasteiger charge is -2.12. The Morgan fingerprint density at radius 2 is 1.84 bits per heavy atom. The van der Waals surface area contributed by atoms with Crippen molar-refractivity contribution in [1.82, 2.24) is 20.3 Å². The maximum absolute atomic E-state index is 12.5. The standard InChI is InChI=1S/C24H27N5O2.CH4/c1-4-17-7-6-8-18(9-17)19-10-21(24(27-12-19)22(30)5-2)29-23(31)15-26-14-20-13-25-11-16(3)28-20;/h6-13,26H,4-5,14-15H2,1-3H3,(H,29,31);1H4. The summed E-state index contributed by atoms with van der Waals surface area (Å²) in [4.78, 5) is 37.7. The zero-order valence-corrected chi connectivity index (χ0v) is 18.1. The van der Waals surface area contributed by atoms with Crippen LogP contribution >= 0.6 is 0 Å². The van der Waals surface area contributed by atoms with E-state index in [1.54, 1.807) is 25.5 Å². The SMILES string of the molecule is C.CCC(=O)c1ncc(-c2cccc(CC)c2)cc1NC(=O)CNCc1cncc(C)n1. The molecule has 0 aliphatic carbocycles. The second-order valence-electron chi connectivity index (χ2n) is 7.25. The lowest BCUT2D eigenvalue weighted by Crippen LogP contribution is -2.28. The summed E-state index contributed by atoms with van der Waals surface area (Å²) in [6.07, 6.45) is 6.26. The number of amides is 1. The Kier molecular flexibility index (Phi) is 9.16. The van der Waals surface area contributed by atoms with Gasteiger partial charge in [-0.05, 0) is 30.5 Å². The molecule has 1 amide bonds. The molecule has 0 unspecified atom stereocenters. The van der Waals surface area contributed by atoms with Crippen LogP contribution < -0.4 is 10.6 Å². The van der Waals surface area contributed by atoms with Gasteiger partial charge in [0.2, 0.25) is 5.91 Å². The smallest absolute Gasteiger partial charge is 0.238 e. The van der Waals surface area contributed by atoms with Gasteiger partial charge in [-0.2, -0.15) is 0 Å². The van der Waals surface area contributed by atoms with Gasteiger partial charge in [0.05, 0.1) is 23.6 Å². The topological polar surface area (TPSA) is 96.9 Å². The summed E-state index contributed by atoms with van der Waals surface area (Å²) in [7, 11) is 0. The first-order valence-corrected chi connectivity index (χ1v) is 10.4. The zero-order chi connectivity index (χ0) is 22.2. The van der Waals surface area contributed by atoms with Gasteiger partial charge in [-0.3, -0.25) is 24.5 Å². The number of nitrogens with zero attached hydrogens (tertiary/aromatic N) is 3. The average molecular weight is 434 g/mol. The summed E-state index contributed by atoms with van der Waals surface area (Å²) in [5, 5.41) is 5.89. The van der Waals surface area contributed by atoms with E-state index in [2.05, 4.69) is 44.6 Å². The third-order valence-electron chi connectivity index (χ3n) is 4.81. The number of carbonyl (C=O) groups excluding carboxylic acids is 2. The number of hydrogen-bond acceptors (Lipinski definition) is 6. The molecule has 2 heterocycles. The van der Waals surface area contributed by atoms with Crippen molar-refractivity contribution in [2.24, 2.45) is 0 Å². The Bertz CT molecular complexity index is 1080. The van der Waals surface area contributed by atoms with Crippen LogP contribution in [-0.4, -0.2) is 33.2 Å². The van der Waals surface area contributed by atoms with Crippen molar-refractivity contribution in [1.29, 1.82) is 0 Å². The van der Waals surface area contributed by atoms with Crippen LogP contribution in [0.4, 0.5) is 5.69 Å². The van der Waals surface area contributed by atoms with Crippen molar-refractivity contribution in [3.63, 3.8) is 0 Å². The molecule has 2 aromatic heterocycles. The number of aromatic nitrogens is 3. The largest absolute Gasteiger partial charge is 0.323 e. The molecule has 0 radical (unpaired) electrons. The molecule has 3 rings (SSSR count). The Hall–Kier alpha value is -3.45. The van der Waals surface area contributed by atoms with Crippen LogP contribution in [0.1, 0.15) is 55.1 Å². The molecule has 0 saturated carbocycles. The molecule has 0 fully saturated rings. The number of carbonyl (C=O) groups is 2. The normalized spacial score (nSPS) is 10.3. The highest BCUT2D eigenvalue weighted by molar-refractivity contribution is 6.04. The van der Waals surface area contributed by atoms with E-state index < -0.39 is 0 Å². The van der Waals surface area contributed by atoms with Gasteiger partial charge in [-0.1, -0.05) is 45.5 Å². The van der Waals surface area contributed by atoms with E-state index >= 15 is 0 Å². The zero-order valence-electron chi connectivity index (χ0n) is 18.1. The third kappa shape index (κ3) is 6.52. The number of aryl methyl sites for hydroxylation is 2. The fraction of sp³-hybridized carbons (Fsp3) is 0.320. The predicted octanol–water partition coefficient (Wildman–Crippen LogP) is 4.37. The molecule has 168 valence electrons. The minimum atomic E-state index is -0.257. The van der Waals surface area contributed by atoms with Gasteiger partial charge in [0.15, 0.2) is 5.78 Å². The molecule has 2 N–H and O–H groups in total. The number of anilines is 1. The molecule has 1 aromatic carbocycles. The molecule has 0 bridgehead atoms. The first-order valence-electron chi connectivity index (χ1n) is 10.4. The molecule has 0 aliphatic rings. The minimum Gasteiger partial charge on any atom is -0.323 e. The number of nitrogens with one attached hydrogen (secondary N) is 2. The van der Waals surface area contributed by atoms with Crippen LogP contribution in [0, 0.1) is 6.92 Å². The van der Waals surface area contributed by atoms with E-state index in [-0.39, 0.29) is 31.4 Å². The monoisotopic (exact) mass is 433 g/mol. The van der Waals surface area contributed by atoms with E-state index in [1.165, 1.54) is 5.56 Å². The Labute approximate surface area is 189 Å². The van der Waals surface area contributed by atoms with Crippen LogP contribution in [-0.2, 0) is 17.8 Å². The van der Waals surface area contributed by atoms with Gasteiger partial charge < -0.3 is 10.6 Å². The molecule has 32 heavy (non-hydrogen) atoms. The van der Waals surface area contributed by atoms with Crippen molar-refractivity contribution in [3.05, 3.63) is 71.6 Å². The molecule has 7 heteroatoms. The van der Waals surface area contributed by atoms with E-state index in [0.29, 0.717) is 18.7 Å². The molecule has 7 nitrogen and oxygen atoms in total. The van der Waals surface area contributed by atoms with Gasteiger partial charge in [0.25, 0.3) is 0 Å². The minimum absolute atomic E-state index is 0. The Morgan fingerprint density at radius 3 is 2.56 bits per heavy atom. The lowest BCUT2D eigenvalue weighted by atomic mass is 10.0. The van der Waals surface area contributed by atoms with Gasteiger partial charge in [-0.25, -0.2) is 0 Å². The van der Waals surface area contributed by atoms with E-state index in [4.69, 9.17) is 0 Å². The van der Waals surface area contributed by atoms with Crippen molar-refractivity contribution < 1.29 is 9.59 Å². The second-order valence-corrected chi connectivity index (χ2v) is 7.25. The average Bonchev–Trinajstić information content (AvgIpc) is 2.78. The van der Waals surface area contributed by atoms with E-state index in [0.717, 1.165) is 28.9 Å². The first kappa shape index (κ1) is 24.8. The molecule has 0 saturated heterocycles. The quantitative estimate of drug-likeness (QED) is 0.487. The number of rotatable bonds is 9. The number of pyridine rings is 1. The highest BCUT2D eigenvalue weighted by Gasteiger charge is 2.15. The van der Waals surface area contributed by atoms with Crippen LogP contribution in [0.3, 0.4) is 0 Å². The van der Waals surface area contributed by atoms with Gasteiger partial charge in [-0.15, -0.1) is 0 Å². The summed E-state index contributed by atoms with van der Waals surface area (Å²) in [5.74, 6) is -0.376. The van der Waals surface area contributed by atoms with Crippen molar-refractivity contribution >= 4 is 17.4 Å². The number of hydrogen-bond donors (Lipinski definition) is 2. The summed E-state index contributed by atoms with van der Waals surface area (Å²) in [6.45, 7) is 6.24. The predicted molar refractivity (Wildman–Crippen MR) is 128 cm³/mol. The first-order chi connectivity index (χ1) is 15.0. The molecular formula is C25H31N5O2.